The fourth-order valence-corrected chi connectivity index (χ4v) is 1.52. The number of benzene rings is 1. The lowest BCUT2D eigenvalue weighted by molar-refractivity contribution is 0.0994. The summed E-state index contributed by atoms with van der Waals surface area (Å²) in [6.45, 7) is 0.611. The summed E-state index contributed by atoms with van der Waals surface area (Å²) in [5, 5.41) is 7.42. The topological polar surface area (TPSA) is 104 Å². The number of carbonyl (C=O) groups excluding carboxylic acids is 1. The van der Waals surface area contributed by atoms with Crippen LogP contribution in [0.2, 0.25) is 0 Å². The van der Waals surface area contributed by atoms with Gasteiger partial charge in [0.25, 0.3) is 5.91 Å². The zero-order valence-electron chi connectivity index (χ0n) is 10.2. The number of hydrogen-bond acceptors (Lipinski definition) is 5. The van der Waals surface area contributed by atoms with Gasteiger partial charge in [-0.3, -0.25) is 4.79 Å². The molecule has 1 heterocycles. The van der Waals surface area contributed by atoms with E-state index in [1.54, 1.807) is 6.07 Å². The van der Waals surface area contributed by atoms with Gasteiger partial charge in [-0.25, -0.2) is 0 Å². The van der Waals surface area contributed by atoms with Crippen molar-refractivity contribution in [3.8, 4) is 11.6 Å². The van der Waals surface area contributed by atoms with Crippen molar-refractivity contribution in [2.75, 3.05) is 6.54 Å². The molecule has 0 spiro atoms. The minimum Gasteiger partial charge on any atom is -0.438 e. The highest BCUT2D eigenvalue weighted by Crippen LogP contribution is 2.19. The molecule has 2 aromatic rings. The maximum Gasteiger partial charge on any atom is 0.269 e. The van der Waals surface area contributed by atoms with Gasteiger partial charge < -0.3 is 16.2 Å². The van der Waals surface area contributed by atoms with Crippen molar-refractivity contribution in [1.29, 1.82) is 0 Å². The van der Waals surface area contributed by atoms with Crippen molar-refractivity contribution in [3.63, 3.8) is 0 Å². The van der Waals surface area contributed by atoms with E-state index >= 15 is 0 Å². The van der Waals surface area contributed by atoms with E-state index in [1.807, 2.05) is 24.3 Å². The molecule has 0 fully saturated rings. The van der Waals surface area contributed by atoms with Gasteiger partial charge in [-0.1, -0.05) is 12.1 Å². The molecule has 4 N–H and O–H groups in total. The van der Waals surface area contributed by atoms with Gasteiger partial charge in [-0.15, -0.1) is 10.2 Å². The van der Waals surface area contributed by atoms with E-state index in [1.165, 1.54) is 6.07 Å². The molecular formula is C13H14N4O2. The van der Waals surface area contributed by atoms with Gasteiger partial charge in [0.2, 0.25) is 5.88 Å². The lowest BCUT2D eigenvalue weighted by atomic mass is 10.1. The van der Waals surface area contributed by atoms with E-state index in [9.17, 15) is 4.79 Å². The molecule has 2 rings (SSSR count). The summed E-state index contributed by atoms with van der Waals surface area (Å²) >= 11 is 0. The highest BCUT2D eigenvalue weighted by Gasteiger charge is 2.04. The zero-order valence-corrected chi connectivity index (χ0v) is 10.2. The minimum atomic E-state index is -0.620. The van der Waals surface area contributed by atoms with Crippen molar-refractivity contribution >= 4 is 5.91 Å². The van der Waals surface area contributed by atoms with Crippen LogP contribution < -0.4 is 16.2 Å². The number of carbonyl (C=O) groups is 1. The molecule has 0 saturated carbocycles. The molecule has 1 aromatic heterocycles. The average molecular weight is 258 g/mol. The number of aromatic nitrogens is 2. The lowest BCUT2D eigenvalue weighted by Crippen LogP contribution is -2.13. The Labute approximate surface area is 110 Å². The Morgan fingerprint density at radius 3 is 2.37 bits per heavy atom. The molecule has 0 saturated heterocycles. The third-order valence-corrected chi connectivity index (χ3v) is 2.47. The minimum absolute atomic E-state index is 0.102. The van der Waals surface area contributed by atoms with Gasteiger partial charge in [0.1, 0.15) is 5.75 Å². The highest BCUT2D eigenvalue weighted by atomic mass is 16.5. The first-order valence-corrected chi connectivity index (χ1v) is 5.79. The van der Waals surface area contributed by atoms with E-state index < -0.39 is 5.91 Å². The molecule has 98 valence electrons. The predicted octanol–water partition coefficient (Wildman–Crippen LogP) is 0.869. The number of nitrogens with two attached hydrogens (primary N) is 2. The number of amides is 1. The van der Waals surface area contributed by atoms with Crippen LogP contribution in [-0.2, 0) is 6.42 Å². The Bertz CT molecular complexity index is 552. The Kier molecular flexibility index (Phi) is 4.04. The van der Waals surface area contributed by atoms with E-state index in [-0.39, 0.29) is 5.69 Å². The molecule has 6 nitrogen and oxygen atoms in total. The van der Waals surface area contributed by atoms with Crippen LogP contribution in [0.15, 0.2) is 36.4 Å². The van der Waals surface area contributed by atoms with Crippen molar-refractivity contribution in [2.45, 2.75) is 6.42 Å². The van der Waals surface area contributed by atoms with Gasteiger partial charge in [-0.2, -0.15) is 0 Å². The third kappa shape index (κ3) is 3.49. The van der Waals surface area contributed by atoms with Crippen LogP contribution in [0.25, 0.3) is 0 Å². The number of rotatable bonds is 5. The SMILES string of the molecule is NCCc1ccc(Oc2ccc(C(N)=O)nn2)cc1. The van der Waals surface area contributed by atoms with E-state index in [0.717, 1.165) is 12.0 Å². The van der Waals surface area contributed by atoms with Gasteiger partial charge in [0, 0.05) is 6.07 Å². The maximum atomic E-state index is 10.8. The molecule has 0 aliphatic heterocycles. The zero-order chi connectivity index (χ0) is 13.7. The third-order valence-electron chi connectivity index (χ3n) is 2.47. The van der Waals surface area contributed by atoms with Crippen LogP contribution in [0.5, 0.6) is 11.6 Å². The van der Waals surface area contributed by atoms with Crippen molar-refractivity contribution in [1.82, 2.24) is 10.2 Å². The summed E-state index contributed by atoms with van der Waals surface area (Å²) in [7, 11) is 0. The first kappa shape index (κ1) is 13.0. The molecule has 0 radical (unpaired) electrons. The first-order valence-electron chi connectivity index (χ1n) is 5.79. The molecule has 19 heavy (non-hydrogen) atoms. The summed E-state index contributed by atoms with van der Waals surface area (Å²) in [4.78, 5) is 10.8. The Morgan fingerprint density at radius 2 is 1.84 bits per heavy atom. The Morgan fingerprint density at radius 1 is 1.11 bits per heavy atom. The quantitative estimate of drug-likeness (QED) is 0.828. The van der Waals surface area contributed by atoms with E-state index in [4.69, 9.17) is 16.2 Å². The summed E-state index contributed by atoms with van der Waals surface area (Å²) in [5.74, 6) is 0.323. The van der Waals surface area contributed by atoms with E-state index in [2.05, 4.69) is 10.2 Å². The Balaban J connectivity index is 2.06. The molecular weight excluding hydrogens is 244 g/mol. The largest absolute Gasteiger partial charge is 0.438 e. The lowest BCUT2D eigenvalue weighted by Gasteiger charge is -2.05. The van der Waals surface area contributed by atoms with Gasteiger partial charge in [0.15, 0.2) is 5.69 Å². The van der Waals surface area contributed by atoms with Crippen molar-refractivity contribution < 1.29 is 9.53 Å². The molecule has 6 heteroatoms. The molecule has 1 amide bonds. The van der Waals surface area contributed by atoms with Gasteiger partial charge in [-0.05, 0) is 36.7 Å². The molecule has 1 aromatic carbocycles. The monoisotopic (exact) mass is 258 g/mol. The van der Waals surface area contributed by atoms with Crippen LogP contribution in [0.4, 0.5) is 0 Å². The van der Waals surface area contributed by atoms with Gasteiger partial charge >= 0.3 is 0 Å². The number of primary amides is 1. The number of hydrogen-bond donors (Lipinski definition) is 2. The van der Waals surface area contributed by atoms with Crippen LogP contribution in [-0.4, -0.2) is 22.6 Å². The van der Waals surface area contributed by atoms with Crippen LogP contribution in [0.3, 0.4) is 0 Å². The maximum absolute atomic E-state index is 10.8. The number of ether oxygens (including phenoxy) is 1. The average Bonchev–Trinajstić information content (AvgIpc) is 2.42. The molecule has 0 aliphatic rings. The smallest absolute Gasteiger partial charge is 0.269 e. The molecule has 0 unspecified atom stereocenters. The van der Waals surface area contributed by atoms with Gasteiger partial charge in [0.05, 0.1) is 0 Å². The summed E-state index contributed by atoms with van der Waals surface area (Å²) in [6, 6.07) is 10.5. The van der Waals surface area contributed by atoms with Crippen LogP contribution in [0.1, 0.15) is 16.1 Å². The Hall–Kier alpha value is -2.47. The van der Waals surface area contributed by atoms with Crippen LogP contribution in [0, 0.1) is 0 Å². The van der Waals surface area contributed by atoms with E-state index in [0.29, 0.717) is 18.2 Å². The van der Waals surface area contributed by atoms with Crippen molar-refractivity contribution in [2.24, 2.45) is 11.5 Å². The fourth-order valence-electron chi connectivity index (χ4n) is 1.52. The summed E-state index contributed by atoms with van der Waals surface area (Å²) in [6.07, 6.45) is 0.827. The highest BCUT2D eigenvalue weighted by molar-refractivity contribution is 5.90. The first-order chi connectivity index (χ1) is 9.19. The van der Waals surface area contributed by atoms with Crippen molar-refractivity contribution in [3.05, 3.63) is 47.7 Å². The second-order valence-corrected chi connectivity index (χ2v) is 3.91. The summed E-state index contributed by atoms with van der Waals surface area (Å²) < 4.78 is 5.49. The standard InChI is InChI=1S/C13H14N4O2/c14-8-7-9-1-3-10(4-2-9)19-12-6-5-11(13(15)18)16-17-12/h1-6H,7-8,14H2,(H2,15,18). The normalized spacial score (nSPS) is 10.2. The fraction of sp³-hybridized carbons (Fsp3) is 0.154. The second-order valence-electron chi connectivity index (χ2n) is 3.91. The molecule has 0 bridgehead atoms. The molecule has 0 atom stereocenters. The second kappa shape index (κ2) is 5.92. The van der Waals surface area contributed by atoms with Crippen LogP contribution >= 0.6 is 0 Å². The molecule has 0 aliphatic carbocycles. The summed E-state index contributed by atoms with van der Waals surface area (Å²) in [5.41, 5.74) is 11.8. The number of nitrogens with zero attached hydrogens (tertiary/aromatic N) is 2. The predicted molar refractivity (Wildman–Crippen MR) is 69.8 cm³/mol.